The minimum absolute atomic E-state index is 0.180. The fourth-order valence-corrected chi connectivity index (χ4v) is 3.55. The van der Waals surface area contributed by atoms with E-state index in [1.54, 1.807) is 12.4 Å². The standard InChI is InChI=1S/C20H18N4O2S/c1-2-3-11-26-16-9-5-4-7-14(16)12-17-19(25)24-20(27-17)22-18(23-24)15-8-6-10-21-13-15/h4-10,12-13H,2-3,11H2,1H3. The number of hydrogen-bond acceptors (Lipinski definition) is 6. The van der Waals surface area contributed by atoms with Gasteiger partial charge in [-0.15, -0.1) is 5.10 Å². The Morgan fingerprint density at radius 2 is 2.11 bits per heavy atom. The lowest BCUT2D eigenvalue weighted by Gasteiger charge is -2.07. The van der Waals surface area contributed by atoms with Crippen molar-refractivity contribution in [3.05, 3.63) is 69.2 Å². The lowest BCUT2D eigenvalue weighted by atomic mass is 10.2. The molecular formula is C20H18N4O2S. The van der Waals surface area contributed by atoms with Crippen LogP contribution in [-0.2, 0) is 0 Å². The molecule has 0 unspecified atom stereocenters. The van der Waals surface area contributed by atoms with Gasteiger partial charge in [0.15, 0.2) is 5.82 Å². The fraction of sp³-hybridized carbons (Fsp3) is 0.200. The highest BCUT2D eigenvalue weighted by Gasteiger charge is 2.12. The summed E-state index contributed by atoms with van der Waals surface area (Å²) in [5.74, 6) is 1.28. The van der Waals surface area contributed by atoms with E-state index in [0.717, 1.165) is 29.7 Å². The zero-order valence-corrected chi connectivity index (χ0v) is 15.6. The quantitative estimate of drug-likeness (QED) is 0.483. The number of unbranched alkanes of at least 4 members (excludes halogenated alkanes) is 1. The minimum atomic E-state index is -0.180. The van der Waals surface area contributed by atoms with Gasteiger partial charge in [0.05, 0.1) is 11.1 Å². The summed E-state index contributed by atoms with van der Waals surface area (Å²) in [7, 11) is 0. The Kier molecular flexibility index (Phi) is 4.93. The summed E-state index contributed by atoms with van der Waals surface area (Å²) in [4.78, 5) is 21.8. The molecule has 0 amide bonds. The van der Waals surface area contributed by atoms with Gasteiger partial charge in [-0.25, -0.2) is 0 Å². The van der Waals surface area contributed by atoms with Crippen LogP contribution in [0.1, 0.15) is 25.3 Å². The van der Waals surface area contributed by atoms with E-state index in [2.05, 4.69) is 22.0 Å². The van der Waals surface area contributed by atoms with Gasteiger partial charge in [0.2, 0.25) is 4.96 Å². The van der Waals surface area contributed by atoms with Gasteiger partial charge >= 0.3 is 0 Å². The molecule has 0 atom stereocenters. The van der Waals surface area contributed by atoms with Gasteiger partial charge in [-0.05, 0) is 30.7 Å². The molecule has 3 aromatic heterocycles. The number of para-hydroxylation sites is 1. The molecule has 0 spiro atoms. The predicted molar refractivity (Wildman–Crippen MR) is 106 cm³/mol. The summed E-state index contributed by atoms with van der Waals surface area (Å²) in [5.41, 5.74) is 1.48. The fourth-order valence-electron chi connectivity index (χ4n) is 2.65. The Balaban J connectivity index is 1.72. The van der Waals surface area contributed by atoms with E-state index in [1.165, 1.54) is 15.9 Å². The first kappa shape index (κ1) is 17.4. The van der Waals surface area contributed by atoms with E-state index < -0.39 is 0 Å². The summed E-state index contributed by atoms with van der Waals surface area (Å²) in [6, 6.07) is 11.4. The van der Waals surface area contributed by atoms with Crippen molar-refractivity contribution in [1.29, 1.82) is 0 Å². The number of nitrogens with zero attached hydrogens (tertiary/aromatic N) is 4. The Labute approximate surface area is 159 Å². The molecule has 0 radical (unpaired) electrons. The highest BCUT2D eigenvalue weighted by Crippen LogP contribution is 2.19. The number of benzene rings is 1. The molecule has 4 aromatic rings. The number of aromatic nitrogens is 4. The Morgan fingerprint density at radius 3 is 2.89 bits per heavy atom. The lowest BCUT2D eigenvalue weighted by molar-refractivity contribution is 0.309. The number of ether oxygens (including phenoxy) is 1. The molecule has 136 valence electrons. The number of fused-ring (bicyclic) bond motifs is 1. The normalized spacial score (nSPS) is 12.0. The Bertz CT molecular complexity index is 1170. The maximum atomic E-state index is 12.7. The van der Waals surface area contributed by atoms with E-state index in [4.69, 9.17) is 4.74 Å². The van der Waals surface area contributed by atoms with Gasteiger partial charge in [0, 0.05) is 23.5 Å². The van der Waals surface area contributed by atoms with Crippen LogP contribution in [0.5, 0.6) is 5.75 Å². The van der Waals surface area contributed by atoms with Gasteiger partial charge in [-0.3, -0.25) is 9.78 Å². The molecule has 0 aliphatic carbocycles. The average molecular weight is 378 g/mol. The van der Waals surface area contributed by atoms with Crippen molar-refractivity contribution >= 4 is 22.4 Å². The van der Waals surface area contributed by atoms with Crippen molar-refractivity contribution in [2.45, 2.75) is 19.8 Å². The molecular weight excluding hydrogens is 360 g/mol. The first-order chi connectivity index (χ1) is 13.3. The minimum Gasteiger partial charge on any atom is -0.493 e. The van der Waals surface area contributed by atoms with Crippen molar-refractivity contribution in [1.82, 2.24) is 19.6 Å². The molecule has 0 fully saturated rings. The predicted octanol–water partition coefficient (Wildman–Crippen LogP) is 2.94. The summed E-state index contributed by atoms with van der Waals surface area (Å²) in [6.07, 6.45) is 7.28. The Morgan fingerprint density at radius 1 is 1.22 bits per heavy atom. The zero-order chi connectivity index (χ0) is 18.6. The number of rotatable bonds is 6. The maximum Gasteiger partial charge on any atom is 0.291 e. The van der Waals surface area contributed by atoms with Gasteiger partial charge in [-0.1, -0.05) is 42.9 Å². The van der Waals surface area contributed by atoms with Gasteiger partial charge in [0.1, 0.15) is 5.75 Å². The second kappa shape index (κ2) is 7.67. The van der Waals surface area contributed by atoms with Gasteiger partial charge in [-0.2, -0.15) is 9.50 Å². The Hall–Kier alpha value is -3.06. The number of thiazole rings is 1. The van der Waals surface area contributed by atoms with E-state index in [1.807, 2.05) is 42.5 Å². The van der Waals surface area contributed by atoms with E-state index in [9.17, 15) is 4.79 Å². The first-order valence-corrected chi connectivity index (χ1v) is 9.61. The smallest absolute Gasteiger partial charge is 0.291 e. The monoisotopic (exact) mass is 378 g/mol. The average Bonchev–Trinajstić information content (AvgIpc) is 3.24. The van der Waals surface area contributed by atoms with E-state index >= 15 is 0 Å². The van der Waals surface area contributed by atoms with Crippen molar-refractivity contribution in [3.63, 3.8) is 0 Å². The first-order valence-electron chi connectivity index (χ1n) is 8.80. The largest absolute Gasteiger partial charge is 0.493 e. The molecule has 7 heteroatoms. The molecule has 4 rings (SSSR count). The van der Waals surface area contributed by atoms with Crippen LogP contribution in [0.25, 0.3) is 22.4 Å². The lowest BCUT2D eigenvalue weighted by Crippen LogP contribution is -2.23. The topological polar surface area (TPSA) is 69.4 Å². The molecule has 1 aromatic carbocycles. The van der Waals surface area contributed by atoms with Crippen LogP contribution in [0.3, 0.4) is 0 Å². The summed E-state index contributed by atoms with van der Waals surface area (Å²) >= 11 is 1.32. The van der Waals surface area contributed by atoms with E-state index in [-0.39, 0.29) is 5.56 Å². The third-order valence-corrected chi connectivity index (χ3v) is 5.02. The summed E-state index contributed by atoms with van der Waals surface area (Å²) < 4.78 is 7.77. The second-order valence-corrected chi connectivity index (χ2v) is 7.04. The molecule has 6 nitrogen and oxygen atoms in total. The second-order valence-electron chi connectivity index (χ2n) is 6.03. The van der Waals surface area contributed by atoms with Crippen LogP contribution in [0.15, 0.2) is 53.6 Å². The van der Waals surface area contributed by atoms with Crippen LogP contribution in [-0.4, -0.2) is 26.2 Å². The highest BCUT2D eigenvalue weighted by molar-refractivity contribution is 7.15. The van der Waals surface area contributed by atoms with Crippen LogP contribution in [0.2, 0.25) is 0 Å². The van der Waals surface area contributed by atoms with Crippen molar-refractivity contribution in [2.75, 3.05) is 6.61 Å². The third kappa shape index (κ3) is 3.59. The highest BCUT2D eigenvalue weighted by atomic mass is 32.1. The third-order valence-electron chi connectivity index (χ3n) is 4.06. The zero-order valence-electron chi connectivity index (χ0n) is 14.8. The molecule has 27 heavy (non-hydrogen) atoms. The van der Waals surface area contributed by atoms with Crippen LogP contribution < -0.4 is 14.8 Å². The molecule has 0 bridgehead atoms. The molecule has 0 aliphatic rings. The summed E-state index contributed by atoms with van der Waals surface area (Å²) in [6.45, 7) is 2.79. The van der Waals surface area contributed by atoms with Crippen LogP contribution >= 0.6 is 11.3 Å². The summed E-state index contributed by atoms with van der Waals surface area (Å²) in [5, 5.41) is 4.34. The van der Waals surface area contributed by atoms with Crippen molar-refractivity contribution in [2.24, 2.45) is 0 Å². The molecule has 0 saturated carbocycles. The van der Waals surface area contributed by atoms with Crippen LogP contribution in [0.4, 0.5) is 0 Å². The van der Waals surface area contributed by atoms with Crippen molar-refractivity contribution < 1.29 is 4.74 Å². The van der Waals surface area contributed by atoms with Crippen molar-refractivity contribution in [3.8, 4) is 17.1 Å². The van der Waals surface area contributed by atoms with Gasteiger partial charge < -0.3 is 4.74 Å². The SMILES string of the molecule is CCCCOc1ccccc1C=c1sc2nc(-c3cccnc3)nn2c1=O. The number of hydrogen-bond donors (Lipinski definition) is 0. The van der Waals surface area contributed by atoms with Gasteiger partial charge in [0.25, 0.3) is 5.56 Å². The maximum absolute atomic E-state index is 12.7. The van der Waals surface area contributed by atoms with E-state index in [0.29, 0.717) is 21.9 Å². The molecule has 0 aliphatic heterocycles. The van der Waals surface area contributed by atoms with Crippen LogP contribution in [0, 0.1) is 0 Å². The number of pyridine rings is 1. The molecule has 3 heterocycles. The molecule has 0 saturated heterocycles. The molecule has 0 N–H and O–H groups in total.